The summed E-state index contributed by atoms with van der Waals surface area (Å²) in [5, 5.41) is 0. The molecular formula is C33H29N3. The van der Waals surface area contributed by atoms with Crippen molar-refractivity contribution in [2.24, 2.45) is 0 Å². The number of anilines is 4. The zero-order valence-electron chi connectivity index (χ0n) is 20.9. The summed E-state index contributed by atoms with van der Waals surface area (Å²) in [5.41, 5.74) is 11.9. The lowest BCUT2D eigenvalue weighted by molar-refractivity contribution is 0.758. The molecular weight excluding hydrogens is 438 g/mol. The van der Waals surface area contributed by atoms with Gasteiger partial charge in [0.2, 0.25) is 0 Å². The van der Waals surface area contributed by atoms with Crippen LogP contribution in [0.2, 0.25) is 0 Å². The van der Waals surface area contributed by atoms with Crippen LogP contribution in [0.4, 0.5) is 22.7 Å². The molecule has 2 heterocycles. The Morgan fingerprint density at radius 2 is 1.11 bits per heavy atom. The van der Waals surface area contributed by atoms with Gasteiger partial charge in [0.05, 0.1) is 28.9 Å². The number of aryl methyl sites for hydroxylation is 2. The maximum Gasteiger partial charge on any atom is 0.108 e. The van der Waals surface area contributed by atoms with Crippen LogP contribution in [0.15, 0.2) is 115 Å². The van der Waals surface area contributed by atoms with Crippen LogP contribution in [0.25, 0.3) is 22.3 Å². The standard InChI is InChI=1S/C33H29N3/c1-23-21-24(2)34-22-32(23)35-25(3)36(31-20-11-10-19-30(31)35)33-28(26-13-6-4-7-14-26)17-12-18-29(33)27-15-8-5-9-16-27/h4-22,25H,1-3H3/t25-/m0/s1. The summed E-state index contributed by atoms with van der Waals surface area (Å²) >= 11 is 0. The van der Waals surface area contributed by atoms with Crippen molar-refractivity contribution in [3.63, 3.8) is 0 Å². The van der Waals surface area contributed by atoms with Crippen molar-refractivity contribution in [3.05, 3.63) is 127 Å². The summed E-state index contributed by atoms with van der Waals surface area (Å²) < 4.78 is 0. The molecule has 0 unspecified atom stereocenters. The first-order valence-electron chi connectivity index (χ1n) is 12.5. The predicted molar refractivity (Wildman–Crippen MR) is 151 cm³/mol. The normalized spacial score (nSPS) is 14.7. The minimum Gasteiger partial charge on any atom is -0.317 e. The van der Waals surface area contributed by atoms with E-state index in [0.29, 0.717) is 0 Å². The molecule has 0 amide bonds. The molecule has 36 heavy (non-hydrogen) atoms. The third-order valence-corrected chi connectivity index (χ3v) is 7.07. The van der Waals surface area contributed by atoms with E-state index in [1.165, 1.54) is 44.9 Å². The minimum atomic E-state index is 0.0536. The van der Waals surface area contributed by atoms with E-state index in [-0.39, 0.29) is 6.17 Å². The van der Waals surface area contributed by atoms with Crippen LogP contribution in [-0.2, 0) is 0 Å². The van der Waals surface area contributed by atoms with Gasteiger partial charge in [-0.15, -0.1) is 0 Å². The van der Waals surface area contributed by atoms with Gasteiger partial charge in [-0.05, 0) is 55.7 Å². The number of hydrogen-bond donors (Lipinski definition) is 0. The Morgan fingerprint density at radius 1 is 0.583 bits per heavy atom. The molecule has 4 aromatic carbocycles. The Hall–Kier alpha value is -4.37. The van der Waals surface area contributed by atoms with Crippen molar-refractivity contribution in [2.45, 2.75) is 26.9 Å². The van der Waals surface area contributed by atoms with Crippen molar-refractivity contribution >= 4 is 22.7 Å². The number of para-hydroxylation sites is 3. The monoisotopic (exact) mass is 467 g/mol. The van der Waals surface area contributed by atoms with Gasteiger partial charge in [0.1, 0.15) is 6.17 Å². The second kappa shape index (κ2) is 9.01. The molecule has 0 saturated carbocycles. The van der Waals surface area contributed by atoms with Crippen molar-refractivity contribution in [2.75, 3.05) is 9.80 Å². The zero-order valence-corrected chi connectivity index (χ0v) is 20.9. The molecule has 0 radical (unpaired) electrons. The molecule has 0 bridgehead atoms. The van der Waals surface area contributed by atoms with Gasteiger partial charge in [-0.1, -0.05) is 91.0 Å². The van der Waals surface area contributed by atoms with Gasteiger partial charge in [-0.25, -0.2) is 0 Å². The molecule has 0 spiro atoms. The molecule has 1 aromatic heterocycles. The van der Waals surface area contributed by atoms with Crippen molar-refractivity contribution in [3.8, 4) is 22.3 Å². The molecule has 3 nitrogen and oxygen atoms in total. The number of fused-ring (bicyclic) bond motifs is 1. The molecule has 0 saturated heterocycles. The number of rotatable bonds is 4. The van der Waals surface area contributed by atoms with Gasteiger partial charge < -0.3 is 9.80 Å². The Morgan fingerprint density at radius 3 is 1.67 bits per heavy atom. The molecule has 0 aliphatic carbocycles. The molecule has 176 valence electrons. The highest BCUT2D eigenvalue weighted by Gasteiger charge is 2.37. The lowest BCUT2D eigenvalue weighted by Crippen LogP contribution is -2.36. The third kappa shape index (κ3) is 3.64. The second-order valence-electron chi connectivity index (χ2n) is 9.41. The topological polar surface area (TPSA) is 19.4 Å². The molecule has 5 aromatic rings. The number of aromatic nitrogens is 1. The summed E-state index contributed by atoms with van der Waals surface area (Å²) in [6.45, 7) is 6.51. The van der Waals surface area contributed by atoms with Gasteiger partial charge >= 0.3 is 0 Å². The Balaban J connectivity index is 1.62. The van der Waals surface area contributed by atoms with Gasteiger partial charge in [-0.2, -0.15) is 0 Å². The van der Waals surface area contributed by atoms with Crippen LogP contribution >= 0.6 is 0 Å². The van der Waals surface area contributed by atoms with Crippen LogP contribution in [0, 0.1) is 13.8 Å². The second-order valence-corrected chi connectivity index (χ2v) is 9.41. The summed E-state index contributed by atoms with van der Waals surface area (Å²) in [7, 11) is 0. The first-order valence-corrected chi connectivity index (χ1v) is 12.5. The fraction of sp³-hybridized carbons (Fsp3) is 0.121. The first-order chi connectivity index (χ1) is 17.6. The van der Waals surface area contributed by atoms with E-state index < -0.39 is 0 Å². The molecule has 1 atom stereocenters. The third-order valence-electron chi connectivity index (χ3n) is 7.07. The summed E-state index contributed by atoms with van der Waals surface area (Å²) in [6, 6.07) is 39.0. The molecule has 0 fully saturated rings. The van der Waals surface area contributed by atoms with Crippen LogP contribution in [0.3, 0.4) is 0 Å². The molecule has 1 aliphatic rings. The largest absolute Gasteiger partial charge is 0.317 e. The summed E-state index contributed by atoms with van der Waals surface area (Å²) in [5.74, 6) is 0. The maximum atomic E-state index is 4.66. The lowest BCUT2D eigenvalue weighted by Gasteiger charge is -2.33. The molecule has 3 heteroatoms. The van der Waals surface area contributed by atoms with E-state index >= 15 is 0 Å². The van der Waals surface area contributed by atoms with Gasteiger partial charge in [0.25, 0.3) is 0 Å². The van der Waals surface area contributed by atoms with E-state index in [4.69, 9.17) is 0 Å². The van der Waals surface area contributed by atoms with Gasteiger partial charge in [0.15, 0.2) is 0 Å². The number of hydrogen-bond acceptors (Lipinski definition) is 3. The summed E-state index contributed by atoms with van der Waals surface area (Å²) in [4.78, 5) is 9.58. The average Bonchev–Trinajstić information content (AvgIpc) is 3.20. The van der Waals surface area contributed by atoms with Crippen molar-refractivity contribution in [1.29, 1.82) is 0 Å². The number of pyridine rings is 1. The van der Waals surface area contributed by atoms with E-state index in [2.05, 4.69) is 138 Å². The minimum absolute atomic E-state index is 0.0536. The molecule has 1 aliphatic heterocycles. The summed E-state index contributed by atoms with van der Waals surface area (Å²) in [6.07, 6.45) is 2.07. The SMILES string of the molecule is Cc1cc(C)c(N2c3ccccc3N(c3c(-c4ccccc4)cccc3-c3ccccc3)[C@H]2C)cn1. The lowest BCUT2D eigenvalue weighted by atomic mass is 9.94. The van der Waals surface area contributed by atoms with Gasteiger partial charge in [-0.3, -0.25) is 4.98 Å². The highest BCUT2D eigenvalue weighted by Crippen LogP contribution is 2.52. The Kier molecular flexibility index (Phi) is 5.54. The number of nitrogens with zero attached hydrogens (tertiary/aromatic N) is 3. The Labute approximate surface area is 213 Å². The Bertz CT molecular complexity index is 1470. The molecule has 0 N–H and O–H groups in total. The van der Waals surface area contributed by atoms with Crippen molar-refractivity contribution in [1.82, 2.24) is 4.98 Å². The fourth-order valence-electron chi connectivity index (χ4n) is 5.47. The maximum absolute atomic E-state index is 4.66. The van der Waals surface area contributed by atoms with Crippen molar-refractivity contribution < 1.29 is 0 Å². The predicted octanol–water partition coefficient (Wildman–Crippen LogP) is 8.67. The highest BCUT2D eigenvalue weighted by atomic mass is 15.4. The van der Waals surface area contributed by atoms with Crippen LogP contribution in [0.1, 0.15) is 18.2 Å². The highest BCUT2D eigenvalue weighted by molar-refractivity contribution is 5.99. The van der Waals surface area contributed by atoms with Gasteiger partial charge in [0, 0.05) is 16.8 Å². The average molecular weight is 468 g/mol. The van der Waals surface area contributed by atoms with E-state index in [9.17, 15) is 0 Å². The van der Waals surface area contributed by atoms with E-state index in [1.807, 2.05) is 13.1 Å². The van der Waals surface area contributed by atoms with Crippen LogP contribution < -0.4 is 9.80 Å². The quantitative estimate of drug-likeness (QED) is 0.264. The zero-order chi connectivity index (χ0) is 24.6. The van der Waals surface area contributed by atoms with Crippen LogP contribution in [-0.4, -0.2) is 11.1 Å². The number of benzene rings is 4. The fourth-order valence-corrected chi connectivity index (χ4v) is 5.47. The first kappa shape index (κ1) is 22.1. The molecule has 6 rings (SSSR count). The smallest absolute Gasteiger partial charge is 0.108 e. The van der Waals surface area contributed by atoms with E-state index in [1.54, 1.807) is 0 Å². The van der Waals surface area contributed by atoms with Crippen LogP contribution in [0.5, 0.6) is 0 Å². The van der Waals surface area contributed by atoms with E-state index in [0.717, 1.165) is 11.4 Å².